The highest BCUT2D eigenvalue weighted by Crippen LogP contribution is 2.59. The van der Waals surface area contributed by atoms with Crippen molar-refractivity contribution in [3.05, 3.63) is 28.0 Å². The van der Waals surface area contributed by atoms with Gasteiger partial charge in [0.25, 0.3) is 0 Å². The van der Waals surface area contributed by atoms with Gasteiger partial charge in [-0.3, -0.25) is 9.51 Å². The molecule has 1 saturated carbocycles. The quantitative estimate of drug-likeness (QED) is 0.408. The van der Waals surface area contributed by atoms with E-state index in [1.165, 1.54) is 5.57 Å². The third-order valence-corrected chi connectivity index (χ3v) is 7.50. The number of aromatic nitrogens is 2. The van der Waals surface area contributed by atoms with Gasteiger partial charge in [0, 0.05) is 19.6 Å². The number of ether oxygens (including phenoxy) is 4. The van der Waals surface area contributed by atoms with Crippen molar-refractivity contribution in [2.75, 3.05) is 13.7 Å². The Bertz CT molecular complexity index is 962. The van der Waals surface area contributed by atoms with Crippen molar-refractivity contribution in [1.29, 1.82) is 0 Å². The predicted molar refractivity (Wildman–Crippen MR) is 122 cm³/mol. The number of nitrogens with zero attached hydrogens (tertiary/aromatic N) is 1. The Labute approximate surface area is 199 Å². The third kappa shape index (κ3) is 5.08. The van der Waals surface area contributed by atoms with E-state index in [-0.39, 0.29) is 41.3 Å². The molecule has 3 heterocycles. The van der Waals surface area contributed by atoms with E-state index in [0.29, 0.717) is 25.3 Å². The smallest absolute Gasteiger partial charge is 0.438 e. The van der Waals surface area contributed by atoms with Gasteiger partial charge in [-0.25, -0.2) is 9.59 Å². The van der Waals surface area contributed by atoms with Crippen LogP contribution < -0.4 is 11.1 Å². The number of hydrogen-bond donors (Lipinski definition) is 2. The first-order chi connectivity index (χ1) is 16.1. The Morgan fingerprint density at radius 2 is 2.12 bits per heavy atom. The lowest BCUT2D eigenvalue weighted by molar-refractivity contribution is -0.118. The van der Waals surface area contributed by atoms with Crippen LogP contribution >= 0.6 is 0 Å². The number of hydrogen-bond acceptors (Lipinski definition) is 8. The SMILES string of the molecule is CO[C@@H]1[C@H](OC(=O)N[C@@H](Cc2noc(=O)[nH]2)C(C)C)CC[C@]2(CO2)[C@H]1[C@@]1(C)OC1CC=C(C)C. The Hall–Kier alpha value is -2.17. The van der Waals surface area contributed by atoms with Crippen LogP contribution in [-0.2, 0) is 25.4 Å². The topological polar surface area (TPSA) is 132 Å². The fraction of sp³-hybridized carbons (Fsp3) is 0.792. The fourth-order valence-corrected chi connectivity index (χ4v) is 5.40. The van der Waals surface area contributed by atoms with Gasteiger partial charge in [-0.15, -0.1) is 0 Å². The van der Waals surface area contributed by atoms with Crippen LogP contribution in [0.4, 0.5) is 4.79 Å². The molecule has 4 rings (SSSR count). The summed E-state index contributed by atoms with van der Waals surface area (Å²) in [6.45, 7) is 10.9. The summed E-state index contributed by atoms with van der Waals surface area (Å²) in [6, 6.07) is -0.288. The minimum atomic E-state index is -0.619. The normalized spacial score (nSPS) is 35.1. The first-order valence-electron chi connectivity index (χ1n) is 12.1. The maximum Gasteiger partial charge on any atom is 0.438 e. The van der Waals surface area contributed by atoms with Crippen molar-refractivity contribution in [1.82, 2.24) is 15.5 Å². The van der Waals surface area contributed by atoms with Gasteiger partial charge in [0.15, 0.2) is 5.82 Å². The first-order valence-corrected chi connectivity index (χ1v) is 12.1. The molecule has 2 N–H and O–H groups in total. The standard InChI is InChI=1S/C24H37N3O7/c1-13(2)7-8-17-23(5,33-17)20-19(30-6)16(9-10-24(20)12-31-24)32-21(28)25-15(14(3)4)11-18-26-22(29)34-27-18/h7,14-17,19-20H,8-12H2,1-6H3,(H,25,28)(H,26,27,29)/t15-,16+,17?,19+,20+,23-,24-/m0/s1. The molecule has 3 aliphatic rings. The van der Waals surface area contributed by atoms with Crippen LogP contribution in [0.5, 0.6) is 0 Å². The number of carbonyl (C=O) groups is 1. The highest BCUT2D eigenvalue weighted by Gasteiger charge is 2.72. The van der Waals surface area contributed by atoms with Crippen molar-refractivity contribution in [2.45, 2.75) is 95.9 Å². The second kappa shape index (κ2) is 9.47. The molecule has 190 valence electrons. The monoisotopic (exact) mass is 479 g/mol. The van der Waals surface area contributed by atoms with Gasteiger partial charge in [0.05, 0.1) is 18.6 Å². The van der Waals surface area contributed by atoms with Gasteiger partial charge in [-0.05, 0) is 46.0 Å². The van der Waals surface area contributed by atoms with E-state index in [9.17, 15) is 9.59 Å². The number of nitrogens with one attached hydrogen (secondary N) is 2. The molecule has 1 aliphatic carbocycles. The van der Waals surface area contributed by atoms with Crippen LogP contribution in [0.25, 0.3) is 0 Å². The van der Waals surface area contributed by atoms with Crippen molar-refractivity contribution in [3.8, 4) is 0 Å². The number of allylic oxidation sites excluding steroid dienone is 1. The molecule has 1 aromatic heterocycles. The van der Waals surface area contributed by atoms with Crippen LogP contribution in [0, 0.1) is 11.8 Å². The molecule has 34 heavy (non-hydrogen) atoms. The largest absolute Gasteiger partial charge is 0.443 e. The Kier molecular flexibility index (Phi) is 6.94. The number of alkyl carbamates (subject to hydrolysis) is 1. The van der Waals surface area contributed by atoms with E-state index in [0.717, 1.165) is 12.8 Å². The number of rotatable bonds is 9. The van der Waals surface area contributed by atoms with Crippen LogP contribution in [0.3, 0.4) is 0 Å². The predicted octanol–water partition coefficient (Wildman–Crippen LogP) is 2.73. The molecule has 10 nitrogen and oxygen atoms in total. The Balaban J connectivity index is 1.43. The van der Waals surface area contributed by atoms with Gasteiger partial charge >= 0.3 is 11.8 Å². The molecule has 1 aromatic rings. The lowest BCUT2D eigenvalue weighted by Gasteiger charge is -2.42. The van der Waals surface area contributed by atoms with Gasteiger partial charge in [0.2, 0.25) is 0 Å². The molecule has 0 bridgehead atoms. The fourth-order valence-electron chi connectivity index (χ4n) is 5.40. The minimum Gasteiger partial charge on any atom is -0.443 e. The molecular formula is C24H37N3O7. The van der Waals surface area contributed by atoms with Crippen molar-refractivity contribution >= 4 is 6.09 Å². The molecule has 2 saturated heterocycles. The summed E-state index contributed by atoms with van der Waals surface area (Å²) < 4.78 is 28.6. The van der Waals surface area contributed by atoms with Crippen LogP contribution in [0.2, 0.25) is 0 Å². The zero-order chi connectivity index (χ0) is 24.7. The number of epoxide rings is 2. The van der Waals surface area contributed by atoms with E-state index in [2.05, 4.69) is 46.8 Å². The molecule has 10 heteroatoms. The maximum absolute atomic E-state index is 12.9. The van der Waals surface area contributed by atoms with Crippen molar-refractivity contribution in [3.63, 3.8) is 0 Å². The second-order valence-corrected chi connectivity index (χ2v) is 10.6. The third-order valence-electron chi connectivity index (χ3n) is 7.50. The molecule has 1 spiro atoms. The van der Waals surface area contributed by atoms with Crippen LogP contribution in [0.1, 0.15) is 59.7 Å². The van der Waals surface area contributed by atoms with Crippen molar-refractivity contribution < 1.29 is 28.3 Å². The number of carbonyl (C=O) groups excluding carboxylic acids is 1. The van der Waals surface area contributed by atoms with Crippen LogP contribution in [0.15, 0.2) is 21.0 Å². The summed E-state index contributed by atoms with van der Waals surface area (Å²) in [5, 5.41) is 6.62. The number of H-pyrrole nitrogens is 1. The molecule has 1 amide bonds. The number of aromatic amines is 1. The lowest BCUT2D eigenvalue weighted by Crippen LogP contribution is -2.56. The Morgan fingerprint density at radius 3 is 2.68 bits per heavy atom. The first kappa shape index (κ1) is 24.9. The number of amides is 1. The average Bonchev–Trinajstić information content (AvgIpc) is 3.64. The van der Waals surface area contributed by atoms with E-state index >= 15 is 0 Å². The van der Waals surface area contributed by atoms with Gasteiger partial charge in [0.1, 0.15) is 23.4 Å². The zero-order valence-corrected chi connectivity index (χ0v) is 20.9. The van der Waals surface area contributed by atoms with Crippen molar-refractivity contribution in [2.24, 2.45) is 11.8 Å². The summed E-state index contributed by atoms with van der Waals surface area (Å²) in [5.41, 5.74) is 0.598. The molecule has 1 unspecified atom stereocenters. The summed E-state index contributed by atoms with van der Waals surface area (Å²) in [4.78, 5) is 26.7. The van der Waals surface area contributed by atoms with E-state index in [4.69, 9.17) is 18.9 Å². The highest BCUT2D eigenvalue weighted by atomic mass is 16.6. The molecule has 0 radical (unpaired) electrons. The summed E-state index contributed by atoms with van der Waals surface area (Å²) in [5.74, 6) is -0.187. The second-order valence-electron chi connectivity index (χ2n) is 10.6. The van der Waals surface area contributed by atoms with E-state index in [1.54, 1.807) is 7.11 Å². The molecule has 3 fully saturated rings. The van der Waals surface area contributed by atoms with Crippen LogP contribution in [-0.4, -0.2) is 65.5 Å². The molecule has 0 aromatic carbocycles. The lowest BCUT2D eigenvalue weighted by atomic mass is 9.68. The minimum absolute atomic E-state index is 0.0341. The van der Waals surface area contributed by atoms with E-state index < -0.39 is 18.0 Å². The highest BCUT2D eigenvalue weighted by molar-refractivity contribution is 5.68. The molecular weight excluding hydrogens is 442 g/mol. The maximum atomic E-state index is 12.9. The van der Waals surface area contributed by atoms with Gasteiger partial charge in [-0.1, -0.05) is 30.7 Å². The number of methoxy groups -OCH3 is 1. The average molecular weight is 480 g/mol. The summed E-state index contributed by atoms with van der Waals surface area (Å²) >= 11 is 0. The molecule has 7 atom stereocenters. The summed E-state index contributed by atoms with van der Waals surface area (Å²) in [6.07, 6.45) is 3.61. The van der Waals surface area contributed by atoms with E-state index in [1.807, 2.05) is 13.8 Å². The molecule has 2 aliphatic heterocycles. The van der Waals surface area contributed by atoms with Gasteiger partial charge in [-0.2, -0.15) is 0 Å². The Morgan fingerprint density at radius 1 is 1.38 bits per heavy atom. The van der Waals surface area contributed by atoms with Gasteiger partial charge < -0.3 is 24.3 Å². The zero-order valence-electron chi connectivity index (χ0n) is 20.9. The summed E-state index contributed by atoms with van der Waals surface area (Å²) in [7, 11) is 1.65.